The van der Waals surface area contributed by atoms with Crippen LogP contribution in [-0.2, 0) is 13.0 Å². The van der Waals surface area contributed by atoms with Crippen LogP contribution in [0.4, 0.5) is 0 Å². The molecule has 2 aromatic rings. The summed E-state index contributed by atoms with van der Waals surface area (Å²) in [5, 5.41) is 3.27. The maximum atomic E-state index is 5.66. The van der Waals surface area contributed by atoms with E-state index in [1.165, 1.54) is 0 Å². The number of hydrogen-bond acceptors (Lipinski definition) is 3. The zero-order valence-corrected chi connectivity index (χ0v) is 10.6. The van der Waals surface area contributed by atoms with Gasteiger partial charge in [0, 0.05) is 25.4 Å². The van der Waals surface area contributed by atoms with Crippen LogP contribution in [0.1, 0.15) is 30.3 Å². The summed E-state index contributed by atoms with van der Waals surface area (Å²) < 4.78 is 7.81. The molecule has 0 saturated carbocycles. The van der Waals surface area contributed by atoms with Crippen molar-refractivity contribution >= 4 is 0 Å². The summed E-state index contributed by atoms with van der Waals surface area (Å²) in [5.74, 6) is 3.00. The van der Waals surface area contributed by atoms with E-state index in [9.17, 15) is 0 Å². The Balaban J connectivity index is 2.15. The van der Waals surface area contributed by atoms with Gasteiger partial charge in [0.2, 0.25) is 0 Å². The molecule has 1 atom stereocenters. The van der Waals surface area contributed by atoms with E-state index in [0.717, 1.165) is 30.3 Å². The number of nitrogens with zero attached hydrogens (tertiary/aromatic N) is 2. The molecule has 4 heteroatoms. The summed E-state index contributed by atoms with van der Waals surface area (Å²) in [6.07, 6.45) is 4.69. The number of imidazole rings is 1. The van der Waals surface area contributed by atoms with Crippen molar-refractivity contribution in [3.63, 3.8) is 0 Å². The van der Waals surface area contributed by atoms with Gasteiger partial charge in [0.1, 0.15) is 17.3 Å². The van der Waals surface area contributed by atoms with Crippen LogP contribution in [0.5, 0.6) is 0 Å². The topological polar surface area (TPSA) is 43.0 Å². The van der Waals surface area contributed by atoms with Crippen LogP contribution in [-0.4, -0.2) is 16.6 Å². The molecule has 2 rings (SSSR count). The number of nitrogens with one attached hydrogen (secondary N) is 1. The van der Waals surface area contributed by atoms with E-state index in [2.05, 4.69) is 21.8 Å². The molecule has 4 nitrogen and oxygen atoms in total. The van der Waals surface area contributed by atoms with Crippen molar-refractivity contribution in [2.45, 2.75) is 32.9 Å². The van der Waals surface area contributed by atoms with E-state index in [-0.39, 0.29) is 6.04 Å². The zero-order valence-electron chi connectivity index (χ0n) is 10.6. The Morgan fingerprint density at radius 2 is 2.29 bits per heavy atom. The number of likely N-dealkylation sites (N-methyl/N-ethyl adjacent to an activating group) is 1. The van der Waals surface area contributed by atoms with Crippen molar-refractivity contribution in [1.82, 2.24) is 14.9 Å². The zero-order chi connectivity index (χ0) is 12.3. The van der Waals surface area contributed by atoms with Gasteiger partial charge in [0.05, 0.1) is 6.04 Å². The van der Waals surface area contributed by atoms with Gasteiger partial charge in [0.25, 0.3) is 0 Å². The second-order valence-electron chi connectivity index (χ2n) is 4.12. The lowest BCUT2D eigenvalue weighted by Gasteiger charge is -2.14. The molecule has 0 aliphatic rings. The van der Waals surface area contributed by atoms with Crippen molar-refractivity contribution in [1.29, 1.82) is 0 Å². The first-order chi connectivity index (χ1) is 8.24. The average Bonchev–Trinajstić information content (AvgIpc) is 2.94. The Morgan fingerprint density at radius 3 is 2.88 bits per heavy atom. The standard InChI is InChI=1S/C13H19N3O/c1-4-16-8-7-15-13(16)9-11(14-3)12-6-5-10(2)17-12/h5-8,11,14H,4,9H2,1-3H3. The van der Waals surface area contributed by atoms with Crippen LogP contribution in [0.3, 0.4) is 0 Å². The Labute approximate surface area is 102 Å². The Bertz CT molecular complexity index is 472. The first kappa shape index (κ1) is 11.9. The summed E-state index contributed by atoms with van der Waals surface area (Å²) in [7, 11) is 1.95. The summed E-state index contributed by atoms with van der Waals surface area (Å²) >= 11 is 0. The molecule has 0 bridgehead atoms. The third-order valence-electron chi connectivity index (χ3n) is 2.98. The summed E-state index contributed by atoms with van der Waals surface area (Å²) in [5.41, 5.74) is 0. The van der Waals surface area contributed by atoms with Gasteiger partial charge in [-0.15, -0.1) is 0 Å². The highest BCUT2D eigenvalue weighted by Gasteiger charge is 2.16. The molecule has 0 spiro atoms. The molecular formula is C13H19N3O. The van der Waals surface area contributed by atoms with Gasteiger partial charge in [-0.25, -0.2) is 4.98 Å². The molecule has 2 heterocycles. The van der Waals surface area contributed by atoms with Crippen LogP contribution in [0.2, 0.25) is 0 Å². The summed E-state index contributed by atoms with van der Waals surface area (Å²) in [4.78, 5) is 4.39. The van der Waals surface area contributed by atoms with Gasteiger partial charge in [-0.1, -0.05) is 0 Å². The fourth-order valence-corrected chi connectivity index (χ4v) is 1.99. The number of aryl methyl sites for hydroxylation is 2. The fraction of sp³-hybridized carbons (Fsp3) is 0.462. The highest BCUT2D eigenvalue weighted by atomic mass is 16.3. The van der Waals surface area contributed by atoms with Crippen molar-refractivity contribution in [2.24, 2.45) is 0 Å². The second-order valence-corrected chi connectivity index (χ2v) is 4.12. The second kappa shape index (κ2) is 5.19. The minimum Gasteiger partial charge on any atom is -0.465 e. The highest BCUT2D eigenvalue weighted by molar-refractivity contribution is 5.11. The van der Waals surface area contributed by atoms with Crippen LogP contribution in [0, 0.1) is 6.92 Å². The highest BCUT2D eigenvalue weighted by Crippen LogP contribution is 2.19. The largest absolute Gasteiger partial charge is 0.465 e. The van der Waals surface area contributed by atoms with E-state index < -0.39 is 0 Å². The minimum atomic E-state index is 0.177. The third-order valence-corrected chi connectivity index (χ3v) is 2.98. The fourth-order valence-electron chi connectivity index (χ4n) is 1.99. The summed E-state index contributed by atoms with van der Waals surface area (Å²) in [6.45, 7) is 5.03. The van der Waals surface area contributed by atoms with Gasteiger partial charge >= 0.3 is 0 Å². The predicted octanol–water partition coefficient (Wildman–Crippen LogP) is 2.31. The van der Waals surface area contributed by atoms with Gasteiger partial charge in [-0.3, -0.25) is 0 Å². The molecule has 92 valence electrons. The average molecular weight is 233 g/mol. The normalized spacial score (nSPS) is 12.9. The van der Waals surface area contributed by atoms with Crippen LogP contribution in [0.25, 0.3) is 0 Å². The lowest BCUT2D eigenvalue weighted by molar-refractivity contribution is 0.407. The molecule has 2 aromatic heterocycles. The van der Waals surface area contributed by atoms with Gasteiger partial charge in [0.15, 0.2) is 0 Å². The van der Waals surface area contributed by atoms with E-state index in [1.807, 2.05) is 38.5 Å². The van der Waals surface area contributed by atoms with Crippen molar-refractivity contribution in [2.75, 3.05) is 7.05 Å². The SMILES string of the molecule is CCn1ccnc1CC(NC)c1ccc(C)o1. The molecule has 17 heavy (non-hydrogen) atoms. The van der Waals surface area contributed by atoms with Crippen molar-refractivity contribution in [3.05, 3.63) is 41.9 Å². The lowest BCUT2D eigenvalue weighted by atomic mass is 10.1. The lowest BCUT2D eigenvalue weighted by Crippen LogP contribution is -2.20. The molecule has 0 saturated heterocycles. The maximum absolute atomic E-state index is 5.66. The number of aromatic nitrogens is 2. The van der Waals surface area contributed by atoms with E-state index >= 15 is 0 Å². The number of furan rings is 1. The summed E-state index contributed by atoms with van der Waals surface area (Å²) in [6, 6.07) is 4.19. The first-order valence-electron chi connectivity index (χ1n) is 5.98. The molecule has 0 aliphatic carbocycles. The Kier molecular flexibility index (Phi) is 3.64. The first-order valence-corrected chi connectivity index (χ1v) is 5.98. The van der Waals surface area contributed by atoms with Crippen LogP contribution >= 0.6 is 0 Å². The molecule has 0 aromatic carbocycles. The molecular weight excluding hydrogens is 214 g/mol. The van der Waals surface area contributed by atoms with Crippen LogP contribution in [0.15, 0.2) is 28.9 Å². The van der Waals surface area contributed by atoms with Crippen molar-refractivity contribution < 1.29 is 4.42 Å². The number of hydrogen-bond donors (Lipinski definition) is 1. The van der Waals surface area contributed by atoms with Gasteiger partial charge in [-0.2, -0.15) is 0 Å². The van der Waals surface area contributed by atoms with Gasteiger partial charge in [-0.05, 0) is 33.0 Å². The molecule has 0 amide bonds. The molecule has 0 fully saturated rings. The maximum Gasteiger partial charge on any atom is 0.121 e. The molecule has 0 radical (unpaired) electrons. The Hall–Kier alpha value is -1.55. The smallest absolute Gasteiger partial charge is 0.121 e. The molecule has 0 aliphatic heterocycles. The van der Waals surface area contributed by atoms with Gasteiger partial charge < -0.3 is 14.3 Å². The quantitative estimate of drug-likeness (QED) is 0.861. The number of rotatable bonds is 5. The minimum absolute atomic E-state index is 0.177. The third kappa shape index (κ3) is 2.58. The molecule has 1 N–H and O–H groups in total. The van der Waals surface area contributed by atoms with E-state index in [4.69, 9.17) is 4.42 Å². The van der Waals surface area contributed by atoms with Crippen LogP contribution < -0.4 is 5.32 Å². The van der Waals surface area contributed by atoms with E-state index in [1.54, 1.807) is 0 Å². The van der Waals surface area contributed by atoms with E-state index in [0.29, 0.717) is 0 Å². The molecule has 1 unspecified atom stereocenters. The Morgan fingerprint density at radius 1 is 1.47 bits per heavy atom. The monoisotopic (exact) mass is 233 g/mol. The predicted molar refractivity (Wildman–Crippen MR) is 66.9 cm³/mol. The van der Waals surface area contributed by atoms with Crippen molar-refractivity contribution in [3.8, 4) is 0 Å².